The van der Waals surface area contributed by atoms with Gasteiger partial charge in [0.1, 0.15) is 5.75 Å². The topological polar surface area (TPSA) is 33.0 Å². The van der Waals surface area contributed by atoms with E-state index in [9.17, 15) is 5.26 Å². The van der Waals surface area contributed by atoms with Crippen molar-refractivity contribution in [3.8, 4) is 11.8 Å². The van der Waals surface area contributed by atoms with Crippen LogP contribution in [0.3, 0.4) is 0 Å². The zero-order valence-corrected chi connectivity index (χ0v) is 12.3. The Bertz CT molecular complexity index is 882. The van der Waals surface area contributed by atoms with E-state index in [1.54, 1.807) is 7.11 Å². The van der Waals surface area contributed by atoms with Gasteiger partial charge in [-0.05, 0) is 40.1 Å². The molecule has 0 aliphatic rings. The first-order chi connectivity index (χ1) is 10.8. The molecule has 0 atom stereocenters. The average Bonchev–Trinajstić information content (AvgIpc) is 2.59. The van der Waals surface area contributed by atoms with Gasteiger partial charge >= 0.3 is 0 Å². The Hall–Kier alpha value is -3.05. The maximum absolute atomic E-state index is 9.52. The van der Waals surface area contributed by atoms with Crippen molar-refractivity contribution >= 4 is 22.4 Å². The summed E-state index contributed by atoms with van der Waals surface area (Å²) in [7, 11) is 1.62. The van der Waals surface area contributed by atoms with Gasteiger partial charge in [0.25, 0.3) is 0 Å². The average molecular weight is 285 g/mol. The van der Waals surface area contributed by atoms with Crippen molar-refractivity contribution in [3.05, 3.63) is 77.9 Å². The molecule has 0 saturated heterocycles. The molecule has 22 heavy (non-hydrogen) atoms. The molecule has 106 valence electrons. The maximum Gasteiger partial charge on any atom is 0.119 e. The minimum atomic E-state index is 0.621. The maximum atomic E-state index is 9.52. The summed E-state index contributed by atoms with van der Waals surface area (Å²) in [6.45, 7) is 0. The normalized spacial score (nSPS) is 11.2. The van der Waals surface area contributed by atoms with Crippen molar-refractivity contribution in [1.82, 2.24) is 0 Å². The van der Waals surface area contributed by atoms with Gasteiger partial charge in [-0.25, -0.2) is 0 Å². The molecule has 2 heteroatoms. The van der Waals surface area contributed by atoms with E-state index >= 15 is 0 Å². The lowest BCUT2D eigenvalue weighted by atomic mass is 9.99. The van der Waals surface area contributed by atoms with Gasteiger partial charge in [0.05, 0.1) is 18.8 Å². The molecule has 0 bridgehead atoms. The highest BCUT2D eigenvalue weighted by atomic mass is 16.5. The van der Waals surface area contributed by atoms with Gasteiger partial charge in [0.15, 0.2) is 0 Å². The standard InChI is InChI=1S/C20H15NO/c1-22-19-10-5-8-16(13-19)18(14-21)12-17-9-4-7-15-6-2-3-11-20(15)17/h2-13H,1H3/b18-12-. The van der Waals surface area contributed by atoms with E-state index in [-0.39, 0.29) is 0 Å². The summed E-state index contributed by atoms with van der Waals surface area (Å²) in [5, 5.41) is 11.8. The number of hydrogen-bond acceptors (Lipinski definition) is 2. The highest BCUT2D eigenvalue weighted by Gasteiger charge is 2.04. The Morgan fingerprint density at radius 1 is 1.00 bits per heavy atom. The fraction of sp³-hybridized carbons (Fsp3) is 0.0500. The summed E-state index contributed by atoms with van der Waals surface area (Å²) in [4.78, 5) is 0. The summed E-state index contributed by atoms with van der Waals surface area (Å²) in [5.41, 5.74) is 2.52. The Labute approximate surface area is 129 Å². The number of benzene rings is 3. The third-order valence-electron chi connectivity index (χ3n) is 3.62. The van der Waals surface area contributed by atoms with Gasteiger partial charge < -0.3 is 4.74 Å². The van der Waals surface area contributed by atoms with E-state index < -0.39 is 0 Å². The molecule has 0 saturated carbocycles. The van der Waals surface area contributed by atoms with Crippen LogP contribution < -0.4 is 4.74 Å². The molecule has 0 aromatic heterocycles. The monoisotopic (exact) mass is 285 g/mol. The molecule has 0 aliphatic carbocycles. The smallest absolute Gasteiger partial charge is 0.119 e. The predicted octanol–water partition coefficient (Wildman–Crippen LogP) is 4.91. The van der Waals surface area contributed by atoms with Crippen molar-refractivity contribution in [2.75, 3.05) is 7.11 Å². The lowest BCUT2D eigenvalue weighted by Crippen LogP contribution is -1.87. The summed E-state index contributed by atoms with van der Waals surface area (Å²) >= 11 is 0. The zero-order valence-electron chi connectivity index (χ0n) is 12.3. The number of nitriles is 1. The van der Waals surface area contributed by atoms with Crippen LogP contribution >= 0.6 is 0 Å². The Morgan fingerprint density at radius 2 is 1.77 bits per heavy atom. The summed E-state index contributed by atoms with van der Waals surface area (Å²) in [6.07, 6.45) is 1.93. The molecule has 0 heterocycles. The molecular weight excluding hydrogens is 270 g/mol. The minimum absolute atomic E-state index is 0.621. The van der Waals surface area contributed by atoms with Crippen molar-refractivity contribution < 1.29 is 4.74 Å². The highest BCUT2D eigenvalue weighted by molar-refractivity contribution is 5.98. The quantitative estimate of drug-likeness (QED) is 0.506. The Kier molecular flexibility index (Phi) is 3.89. The number of fused-ring (bicyclic) bond motifs is 1. The van der Waals surface area contributed by atoms with Gasteiger partial charge in [-0.1, -0.05) is 54.6 Å². The van der Waals surface area contributed by atoms with Crippen LogP contribution in [0.1, 0.15) is 11.1 Å². The van der Waals surface area contributed by atoms with Crippen LogP contribution in [0.25, 0.3) is 22.4 Å². The van der Waals surface area contributed by atoms with E-state index in [2.05, 4.69) is 24.3 Å². The number of hydrogen-bond donors (Lipinski definition) is 0. The van der Waals surface area contributed by atoms with Crippen molar-refractivity contribution in [2.45, 2.75) is 0 Å². The van der Waals surface area contributed by atoms with Crippen LogP contribution in [0.4, 0.5) is 0 Å². The van der Waals surface area contributed by atoms with Crippen molar-refractivity contribution in [2.24, 2.45) is 0 Å². The molecule has 3 aromatic rings. The van der Waals surface area contributed by atoms with Crippen LogP contribution in [-0.4, -0.2) is 7.11 Å². The SMILES string of the molecule is COc1cccc(/C(C#N)=C\c2cccc3ccccc23)c1. The lowest BCUT2D eigenvalue weighted by molar-refractivity contribution is 0.414. The molecule has 0 spiro atoms. The predicted molar refractivity (Wildman–Crippen MR) is 90.4 cm³/mol. The molecule has 0 amide bonds. The number of ether oxygens (including phenoxy) is 1. The second-order valence-corrected chi connectivity index (χ2v) is 4.97. The first-order valence-corrected chi connectivity index (χ1v) is 7.06. The molecule has 0 fully saturated rings. The Balaban J connectivity index is 2.13. The van der Waals surface area contributed by atoms with E-state index in [4.69, 9.17) is 4.74 Å². The number of allylic oxidation sites excluding steroid dienone is 1. The third-order valence-corrected chi connectivity index (χ3v) is 3.62. The molecule has 0 N–H and O–H groups in total. The minimum Gasteiger partial charge on any atom is -0.497 e. The molecule has 0 unspecified atom stereocenters. The number of rotatable bonds is 3. The molecule has 2 nitrogen and oxygen atoms in total. The Morgan fingerprint density at radius 3 is 2.59 bits per heavy atom. The van der Waals surface area contributed by atoms with Gasteiger partial charge in [0, 0.05) is 0 Å². The molecule has 3 aromatic carbocycles. The lowest BCUT2D eigenvalue weighted by Gasteiger charge is -2.05. The summed E-state index contributed by atoms with van der Waals surface area (Å²) < 4.78 is 5.23. The van der Waals surface area contributed by atoms with Gasteiger partial charge in [0.2, 0.25) is 0 Å². The summed E-state index contributed by atoms with van der Waals surface area (Å²) in [5.74, 6) is 0.747. The molecular formula is C20H15NO. The second kappa shape index (κ2) is 6.15. The van der Waals surface area contributed by atoms with Crippen LogP contribution in [0, 0.1) is 11.3 Å². The largest absolute Gasteiger partial charge is 0.497 e. The van der Waals surface area contributed by atoms with E-state index in [1.165, 1.54) is 5.39 Å². The third kappa shape index (κ3) is 2.70. The molecule has 0 radical (unpaired) electrons. The second-order valence-electron chi connectivity index (χ2n) is 4.97. The van der Waals surface area contributed by atoms with E-state index in [0.29, 0.717) is 5.57 Å². The zero-order chi connectivity index (χ0) is 15.4. The van der Waals surface area contributed by atoms with E-state index in [0.717, 1.165) is 22.3 Å². The van der Waals surface area contributed by atoms with Gasteiger partial charge in [-0.2, -0.15) is 5.26 Å². The van der Waals surface area contributed by atoms with Crippen molar-refractivity contribution in [3.63, 3.8) is 0 Å². The highest BCUT2D eigenvalue weighted by Crippen LogP contribution is 2.25. The van der Waals surface area contributed by atoms with Crippen LogP contribution in [0.15, 0.2) is 66.7 Å². The fourth-order valence-electron chi connectivity index (χ4n) is 2.50. The first kappa shape index (κ1) is 13.9. The summed E-state index contributed by atoms with van der Waals surface area (Å²) in [6, 6.07) is 24.1. The van der Waals surface area contributed by atoms with Gasteiger partial charge in [-0.3, -0.25) is 0 Å². The van der Waals surface area contributed by atoms with Crippen LogP contribution in [0.2, 0.25) is 0 Å². The molecule has 0 aliphatic heterocycles. The van der Waals surface area contributed by atoms with E-state index in [1.807, 2.05) is 54.6 Å². The van der Waals surface area contributed by atoms with Crippen LogP contribution in [0.5, 0.6) is 5.75 Å². The molecule has 3 rings (SSSR count). The van der Waals surface area contributed by atoms with Gasteiger partial charge in [-0.15, -0.1) is 0 Å². The van der Waals surface area contributed by atoms with Crippen molar-refractivity contribution in [1.29, 1.82) is 5.26 Å². The van der Waals surface area contributed by atoms with Crippen LogP contribution in [-0.2, 0) is 0 Å². The fourth-order valence-corrected chi connectivity index (χ4v) is 2.50. The number of methoxy groups -OCH3 is 1. The first-order valence-electron chi connectivity index (χ1n) is 7.06. The number of nitrogens with zero attached hydrogens (tertiary/aromatic N) is 1.